The van der Waals surface area contributed by atoms with E-state index < -0.39 is 6.04 Å². The first kappa shape index (κ1) is 10.0. The fraction of sp³-hybridized carbons (Fsp3) is 0.250. The molecule has 1 atom stereocenters. The van der Waals surface area contributed by atoms with Gasteiger partial charge in [-0.15, -0.1) is 11.3 Å². The molecule has 1 unspecified atom stereocenters. The van der Waals surface area contributed by atoms with Crippen molar-refractivity contribution in [3.63, 3.8) is 0 Å². The van der Waals surface area contributed by atoms with Gasteiger partial charge in [-0.1, -0.05) is 11.6 Å². The van der Waals surface area contributed by atoms with E-state index in [2.05, 4.69) is 5.32 Å². The Labute approximate surface area is 84.9 Å². The van der Waals surface area contributed by atoms with Crippen LogP contribution in [0.2, 0.25) is 4.34 Å². The molecule has 13 heavy (non-hydrogen) atoms. The highest BCUT2D eigenvalue weighted by atomic mass is 35.5. The van der Waals surface area contributed by atoms with E-state index in [0.29, 0.717) is 9.90 Å². The molecule has 0 spiro atoms. The van der Waals surface area contributed by atoms with Gasteiger partial charge in [-0.25, -0.2) is 0 Å². The van der Waals surface area contributed by atoms with Gasteiger partial charge in [0.1, 0.15) is 6.04 Å². The van der Waals surface area contributed by atoms with Crippen LogP contribution in [0.15, 0.2) is 11.4 Å². The average Bonchev–Trinajstić information content (AvgIpc) is 2.51. The van der Waals surface area contributed by atoms with E-state index in [1.165, 1.54) is 11.3 Å². The molecule has 68 valence electrons. The van der Waals surface area contributed by atoms with Crippen molar-refractivity contribution in [3.8, 4) is 6.07 Å². The number of carbonyl (C=O) groups is 1. The monoisotopic (exact) mass is 214 g/mol. The maximum absolute atomic E-state index is 11.3. The van der Waals surface area contributed by atoms with Crippen molar-refractivity contribution in [2.75, 3.05) is 0 Å². The molecule has 5 heteroatoms. The smallest absolute Gasteiger partial charge is 0.253 e. The minimum absolute atomic E-state index is 0.266. The van der Waals surface area contributed by atoms with Gasteiger partial charge in [-0.05, 0) is 13.0 Å². The zero-order valence-electron chi connectivity index (χ0n) is 6.87. The van der Waals surface area contributed by atoms with E-state index in [4.69, 9.17) is 16.9 Å². The second-order valence-corrected chi connectivity index (χ2v) is 4.01. The lowest BCUT2D eigenvalue weighted by Gasteiger charge is -2.03. The molecule has 0 aliphatic heterocycles. The van der Waals surface area contributed by atoms with Crippen LogP contribution >= 0.6 is 22.9 Å². The first-order valence-corrected chi connectivity index (χ1v) is 4.83. The number of thiophene rings is 1. The van der Waals surface area contributed by atoms with Crippen molar-refractivity contribution < 1.29 is 4.79 Å². The van der Waals surface area contributed by atoms with Crippen molar-refractivity contribution in [3.05, 3.63) is 21.3 Å². The molecule has 1 aromatic rings. The number of nitrogens with zero attached hydrogens (tertiary/aromatic N) is 1. The van der Waals surface area contributed by atoms with Gasteiger partial charge in [-0.2, -0.15) is 5.26 Å². The standard InChI is InChI=1S/C8H7ClN2OS/c1-5(3-10)11-8(12)6-2-7(9)13-4-6/h2,4-5H,1H3,(H,11,12). The summed E-state index contributed by atoms with van der Waals surface area (Å²) in [6.07, 6.45) is 0. The summed E-state index contributed by atoms with van der Waals surface area (Å²) in [6, 6.07) is 3.01. The van der Waals surface area contributed by atoms with Gasteiger partial charge >= 0.3 is 0 Å². The summed E-state index contributed by atoms with van der Waals surface area (Å²) >= 11 is 6.94. The van der Waals surface area contributed by atoms with E-state index in [0.717, 1.165) is 0 Å². The van der Waals surface area contributed by atoms with Gasteiger partial charge < -0.3 is 5.32 Å². The number of nitriles is 1. The second-order valence-electron chi connectivity index (χ2n) is 2.46. The van der Waals surface area contributed by atoms with Crippen LogP contribution in [0, 0.1) is 11.3 Å². The van der Waals surface area contributed by atoms with E-state index in [-0.39, 0.29) is 5.91 Å². The van der Waals surface area contributed by atoms with Crippen molar-refractivity contribution in [1.29, 1.82) is 5.26 Å². The summed E-state index contributed by atoms with van der Waals surface area (Å²) in [5.41, 5.74) is 0.497. The molecule has 0 saturated carbocycles. The average molecular weight is 215 g/mol. The van der Waals surface area contributed by atoms with E-state index in [1.54, 1.807) is 18.4 Å². The number of hydrogen-bond acceptors (Lipinski definition) is 3. The van der Waals surface area contributed by atoms with Crippen molar-refractivity contribution in [2.45, 2.75) is 13.0 Å². The quantitative estimate of drug-likeness (QED) is 0.819. The summed E-state index contributed by atoms with van der Waals surface area (Å²) < 4.78 is 0.565. The molecule has 1 N–H and O–H groups in total. The Morgan fingerprint density at radius 1 is 1.85 bits per heavy atom. The van der Waals surface area contributed by atoms with Crippen LogP contribution in [0.1, 0.15) is 17.3 Å². The lowest BCUT2D eigenvalue weighted by Crippen LogP contribution is -2.30. The largest absolute Gasteiger partial charge is 0.337 e. The number of hydrogen-bond donors (Lipinski definition) is 1. The topological polar surface area (TPSA) is 52.9 Å². The Morgan fingerprint density at radius 3 is 3.00 bits per heavy atom. The Balaban J connectivity index is 2.65. The molecule has 1 heterocycles. The zero-order valence-corrected chi connectivity index (χ0v) is 8.45. The normalized spacial score (nSPS) is 11.8. The molecule has 1 amide bonds. The molecule has 0 saturated heterocycles. The minimum atomic E-state index is -0.480. The molecule has 0 aliphatic carbocycles. The van der Waals surface area contributed by atoms with Gasteiger partial charge in [0.15, 0.2) is 0 Å². The lowest BCUT2D eigenvalue weighted by atomic mass is 10.3. The lowest BCUT2D eigenvalue weighted by molar-refractivity contribution is 0.0948. The molecule has 1 aromatic heterocycles. The summed E-state index contributed by atoms with van der Waals surface area (Å²) in [4.78, 5) is 11.3. The third kappa shape index (κ3) is 2.72. The van der Waals surface area contributed by atoms with Gasteiger partial charge in [-0.3, -0.25) is 4.79 Å². The highest BCUT2D eigenvalue weighted by Crippen LogP contribution is 2.19. The summed E-state index contributed by atoms with van der Waals surface area (Å²) in [5.74, 6) is -0.266. The predicted octanol–water partition coefficient (Wildman–Crippen LogP) is 2.04. The summed E-state index contributed by atoms with van der Waals surface area (Å²) in [5, 5.41) is 12.6. The first-order valence-electron chi connectivity index (χ1n) is 3.58. The second kappa shape index (κ2) is 4.26. The molecule has 0 bridgehead atoms. The Hall–Kier alpha value is -1.05. The molecular formula is C8H7ClN2OS. The van der Waals surface area contributed by atoms with Crippen LogP contribution in [0.4, 0.5) is 0 Å². The van der Waals surface area contributed by atoms with Crippen LogP contribution in [0.5, 0.6) is 0 Å². The minimum Gasteiger partial charge on any atom is -0.337 e. The van der Waals surface area contributed by atoms with Crippen molar-refractivity contribution in [1.82, 2.24) is 5.32 Å². The SMILES string of the molecule is CC(C#N)NC(=O)c1csc(Cl)c1. The van der Waals surface area contributed by atoms with Crippen LogP contribution in [-0.2, 0) is 0 Å². The first-order chi connectivity index (χ1) is 6.13. The molecule has 0 fully saturated rings. The third-order valence-corrected chi connectivity index (χ3v) is 2.46. The highest BCUT2D eigenvalue weighted by Gasteiger charge is 2.10. The van der Waals surface area contributed by atoms with Crippen LogP contribution in [-0.4, -0.2) is 11.9 Å². The highest BCUT2D eigenvalue weighted by molar-refractivity contribution is 7.14. The molecule has 0 aliphatic rings. The van der Waals surface area contributed by atoms with E-state index >= 15 is 0 Å². The van der Waals surface area contributed by atoms with Gasteiger partial charge in [0.2, 0.25) is 0 Å². The fourth-order valence-corrected chi connectivity index (χ4v) is 1.60. The predicted molar refractivity (Wildman–Crippen MR) is 51.9 cm³/mol. The van der Waals surface area contributed by atoms with Crippen LogP contribution in [0.3, 0.4) is 0 Å². The molecule has 1 rings (SSSR count). The molecule has 3 nitrogen and oxygen atoms in total. The number of carbonyl (C=O) groups excluding carboxylic acids is 1. The maximum Gasteiger partial charge on any atom is 0.253 e. The van der Waals surface area contributed by atoms with Gasteiger partial charge in [0, 0.05) is 5.38 Å². The van der Waals surface area contributed by atoms with Gasteiger partial charge in [0.05, 0.1) is 16.0 Å². The Morgan fingerprint density at radius 2 is 2.54 bits per heavy atom. The number of amides is 1. The fourth-order valence-electron chi connectivity index (χ4n) is 0.741. The van der Waals surface area contributed by atoms with Gasteiger partial charge in [0.25, 0.3) is 5.91 Å². The Bertz CT molecular complexity index is 355. The molecule has 0 aromatic carbocycles. The number of rotatable bonds is 2. The zero-order chi connectivity index (χ0) is 9.84. The summed E-state index contributed by atoms with van der Waals surface area (Å²) in [6.45, 7) is 1.62. The van der Waals surface area contributed by atoms with E-state index in [1.807, 2.05) is 6.07 Å². The maximum atomic E-state index is 11.3. The molecule has 0 radical (unpaired) electrons. The number of halogens is 1. The van der Waals surface area contributed by atoms with E-state index in [9.17, 15) is 4.79 Å². The molecular weight excluding hydrogens is 208 g/mol. The van der Waals surface area contributed by atoms with Crippen molar-refractivity contribution in [2.24, 2.45) is 0 Å². The Kier molecular flexibility index (Phi) is 3.29. The van der Waals surface area contributed by atoms with Crippen molar-refractivity contribution >= 4 is 28.8 Å². The van der Waals surface area contributed by atoms with Crippen LogP contribution < -0.4 is 5.32 Å². The third-order valence-electron chi connectivity index (χ3n) is 1.37. The van der Waals surface area contributed by atoms with Crippen LogP contribution in [0.25, 0.3) is 0 Å². The number of nitrogens with one attached hydrogen (secondary N) is 1. The summed E-state index contributed by atoms with van der Waals surface area (Å²) in [7, 11) is 0.